The maximum Gasteiger partial charge on any atom is 0.333 e. The number of likely N-dealkylation sites (tertiary alicyclic amines) is 1. The summed E-state index contributed by atoms with van der Waals surface area (Å²) >= 11 is 0. The lowest BCUT2D eigenvalue weighted by molar-refractivity contribution is -0.165. The Hall–Kier alpha value is -3.40. The number of aromatic nitrogens is 2. The van der Waals surface area contributed by atoms with Crippen molar-refractivity contribution >= 4 is 11.5 Å². The minimum atomic E-state index is -2.72. The lowest BCUT2D eigenvalue weighted by atomic mass is 9.80. The van der Waals surface area contributed by atoms with Crippen LogP contribution in [0.25, 0.3) is 5.57 Å². The Kier molecular flexibility index (Phi) is 11.6. The number of carbonyl (C=O) groups is 1. The molecule has 1 saturated heterocycles. The van der Waals surface area contributed by atoms with Crippen molar-refractivity contribution in [3.63, 3.8) is 0 Å². The SMILES string of the molecule is C=CC.CC/C=C(\C=C(/CCC)OC1CC(C(=O)N2C(c3cc(F)cc(F)c3)CCC2(C)O)C1)c1cnn(C(F)F)c1. The molecule has 1 aliphatic heterocycles. The van der Waals surface area contributed by atoms with Crippen LogP contribution in [0.4, 0.5) is 17.6 Å². The predicted molar refractivity (Wildman–Crippen MR) is 154 cm³/mol. The molecule has 0 bridgehead atoms. The molecule has 2 heterocycles. The second-order valence-corrected chi connectivity index (χ2v) is 10.9. The molecule has 1 aromatic carbocycles. The molecule has 2 atom stereocenters. The van der Waals surface area contributed by atoms with Crippen LogP contribution in [0.15, 0.2) is 61.2 Å². The number of allylic oxidation sites excluding steroid dienone is 5. The third kappa shape index (κ3) is 8.12. The number of rotatable bonds is 10. The number of ether oxygens (including phenoxy) is 1. The molecule has 0 spiro atoms. The van der Waals surface area contributed by atoms with E-state index in [0.29, 0.717) is 60.1 Å². The topological polar surface area (TPSA) is 67.6 Å². The second kappa shape index (κ2) is 14.7. The van der Waals surface area contributed by atoms with E-state index in [1.807, 2.05) is 32.9 Å². The van der Waals surface area contributed by atoms with E-state index < -0.39 is 35.9 Å². The van der Waals surface area contributed by atoms with Gasteiger partial charge in [-0.2, -0.15) is 13.9 Å². The fourth-order valence-corrected chi connectivity index (χ4v) is 5.40. The van der Waals surface area contributed by atoms with Gasteiger partial charge in [0.25, 0.3) is 0 Å². The summed E-state index contributed by atoms with van der Waals surface area (Å²) in [5.41, 5.74) is 0.196. The maximum atomic E-state index is 13.9. The van der Waals surface area contributed by atoms with Gasteiger partial charge in [0.05, 0.1) is 24.1 Å². The van der Waals surface area contributed by atoms with Crippen LogP contribution in [0.5, 0.6) is 0 Å². The van der Waals surface area contributed by atoms with Crippen molar-refractivity contribution in [2.45, 2.75) is 97.1 Å². The fourth-order valence-electron chi connectivity index (χ4n) is 5.40. The van der Waals surface area contributed by atoms with Gasteiger partial charge < -0.3 is 14.7 Å². The first-order chi connectivity index (χ1) is 19.9. The molecule has 1 aromatic heterocycles. The molecule has 2 unspecified atom stereocenters. The van der Waals surface area contributed by atoms with E-state index >= 15 is 0 Å². The van der Waals surface area contributed by atoms with Gasteiger partial charge in [0.1, 0.15) is 17.4 Å². The molecule has 6 nitrogen and oxygen atoms in total. The smallest absolute Gasteiger partial charge is 0.333 e. The summed E-state index contributed by atoms with van der Waals surface area (Å²) in [5.74, 6) is -1.42. The molecular weight excluding hydrogens is 550 g/mol. The molecule has 42 heavy (non-hydrogen) atoms. The first-order valence-electron chi connectivity index (χ1n) is 14.4. The van der Waals surface area contributed by atoms with Gasteiger partial charge in [-0.3, -0.25) is 4.79 Å². The van der Waals surface area contributed by atoms with Crippen LogP contribution in [-0.4, -0.2) is 37.5 Å². The van der Waals surface area contributed by atoms with E-state index in [9.17, 15) is 27.5 Å². The highest BCUT2D eigenvalue weighted by Gasteiger charge is 2.49. The van der Waals surface area contributed by atoms with Gasteiger partial charge >= 0.3 is 6.55 Å². The monoisotopic (exact) mass is 591 g/mol. The number of aliphatic hydroxyl groups is 1. The number of halogens is 4. The first kappa shape index (κ1) is 33.1. The molecule has 0 radical (unpaired) electrons. The van der Waals surface area contributed by atoms with E-state index in [-0.39, 0.29) is 12.0 Å². The van der Waals surface area contributed by atoms with Gasteiger partial charge in [-0.05, 0) is 81.7 Å². The van der Waals surface area contributed by atoms with Crippen LogP contribution >= 0.6 is 0 Å². The summed E-state index contributed by atoms with van der Waals surface area (Å²) < 4.78 is 60.6. The zero-order valence-corrected chi connectivity index (χ0v) is 24.7. The number of hydrogen-bond donors (Lipinski definition) is 1. The van der Waals surface area contributed by atoms with E-state index in [1.165, 1.54) is 29.4 Å². The summed E-state index contributed by atoms with van der Waals surface area (Å²) in [7, 11) is 0. The summed E-state index contributed by atoms with van der Waals surface area (Å²) in [6.45, 7) is 8.03. The standard InChI is InChI=1S/C29H35F4N3O3.C3H6/c1-4-6-18(21-16-34-35(17-21)28(32)33)12-24(7-5-2)39-25-13-20(14-25)27(37)36-26(8-9-29(36,3)38)19-10-22(30)15-23(31)11-19;1-3-2/h6,10-12,15-17,20,25-26,28,38H,4-5,7-9,13-14H2,1-3H3;3H,1H2,2H3/b18-6+,24-12+;. The number of benzene rings is 1. The zero-order chi connectivity index (χ0) is 31.0. The van der Waals surface area contributed by atoms with Gasteiger partial charge in [-0.1, -0.05) is 26.0 Å². The van der Waals surface area contributed by atoms with Gasteiger partial charge in [0.2, 0.25) is 5.91 Å². The minimum absolute atomic E-state index is 0.221. The van der Waals surface area contributed by atoms with Crippen molar-refractivity contribution < 1.29 is 32.2 Å². The number of hydrogen-bond acceptors (Lipinski definition) is 4. The highest BCUT2D eigenvalue weighted by Crippen LogP contribution is 2.45. The largest absolute Gasteiger partial charge is 0.495 e. The Labute approximate surface area is 245 Å². The quantitative estimate of drug-likeness (QED) is 0.131. The van der Waals surface area contributed by atoms with Crippen LogP contribution in [0, 0.1) is 17.6 Å². The number of nitrogens with zero attached hydrogens (tertiary/aromatic N) is 3. The summed E-state index contributed by atoms with van der Waals surface area (Å²) in [5, 5.41) is 14.7. The van der Waals surface area contributed by atoms with E-state index in [0.717, 1.165) is 18.1 Å². The number of carbonyl (C=O) groups excluding carboxylic acids is 1. The highest BCUT2D eigenvalue weighted by atomic mass is 19.3. The second-order valence-electron chi connectivity index (χ2n) is 10.9. The summed E-state index contributed by atoms with van der Waals surface area (Å²) in [6.07, 6.45) is 11.7. The van der Waals surface area contributed by atoms with Crippen LogP contribution < -0.4 is 0 Å². The number of amides is 1. The third-order valence-corrected chi connectivity index (χ3v) is 7.36. The molecule has 230 valence electrons. The summed E-state index contributed by atoms with van der Waals surface area (Å²) in [4.78, 5) is 14.9. The maximum absolute atomic E-state index is 13.9. The molecule has 2 aliphatic rings. The zero-order valence-electron chi connectivity index (χ0n) is 24.7. The van der Waals surface area contributed by atoms with Gasteiger partial charge in [0, 0.05) is 30.2 Å². The normalized spacial score (nSPS) is 24.2. The molecule has 1 N–H and O–H groups in total. The minimum Gasteiger partial charge on any atom is -0.495 e. The molecule has 2 fully saturated rings. The van der Waals surface area contributed by atoms with E-state index in [2.05, 4.69) is 11.7 Å². The van der Waals surface area contributed by atoms with Crippen molar-refractivity contribution in [1.29, 1.82) is 0 Å². The Morgan fingerprint density at radius 3 is 2.43 bits per heavy atom. The number of alkyl halides is 2. The molecule has 1 amide bonds. The van der Waals surface area contributed by atoms with Crippen molar-refractivity contribution in [1.82, 2.24) is 14.7 Å². The molecule has 1 aliphatic carbocycles. The van der Waals surface area contributed by atoms with Crippen LogP contribution in [0.3, 0.4) is 0 Å². The molecular formula is C32H41F4N3O3. The molecule has 4 rings (SSSR count). The van der Waals surface area contributed by atoms with E-state index in [1.54, 1.807) is 13.0 Å². The van der Waals surface area contributed by atoms with Crippen molar-refractivity contribution in [2.75, 3.05) is 0 Å². The van der Waals surface area contributed by atoms with Gasteiger partial charge in [0.15, 0.2) is 0 Å². The van der Waals surface area contributed by atoms with Crippen molar-refractivity contribution in [3.05, 3.63) is 83.9 Å². The van der Waals surface area contributed by atoms with Gasteiger partial charge in [-0.25, -0.2) is 13.5 Å². The third-order valence-electron chi connectivity index (χ3n) is 7.36. The summed E-state index contributed by atoms with van der Waals surface area (Å²) in [6, 6.07) is 2.57. The van der Waals surface area contributed by atoms with Crippen LogP contribution in [0.1, 0.15) is 96.4 Å². The van der Waals surface area contributed by atoms with Gasteiger partial charge in [-0.15, -0.1) is 6.58 Å². The Morgan fingerprint density at radius 1 is 1.24 bits per heavy atom. The first-order valence-corrected chi connectivity index (χ1v) is 14.4. The Morgan fingerprint density at radius 2 is 1.88 bits per heavy atom. The average molecular weight is 592 g/mol. The Balaban J connectivity index is 0.00000155. The molecule has 10 heteroatoms. The Bertz CT molecular complexity index is 1260. The highest BCUT2D eigenvalue weighted by molar-refractivity contribution is 5.81. The van der Waals surface area contributed by atoms with E-state index in [4.69, 9.17) is 4.74 Å². The lowest BCUT2D eigenvalue weighted by Gasteiger charge is -2.42. The van der Waals surface area contributed by atoms with Crippen molar-refractivity contribution in [2.24, 2.45) is 5.92 Å². The fraction of sp³-hybridized carbons (Fsp3) is 0.500. The molecule has 1 saturated carbocycles. The van der Waals surface area contributed by atoms with Crippen LogP contribution in [0.2, 0.25) is 0 Å². The molecule has 2 aromatic rings. The van der Waals surface area contributed by atoms with Crippen molar-refractivity contribution in [3.8, 4) is 0 Å². The average Bonchev–Trinajstić information content (AvgIpc) is 3.50. The predicted octanol–water partition coefficient (Wildman–Crippen LogP) is 8.09. The lowest BCUT2D eigenvalue weighted by Crippen LogP contribution is -2.52. The van der Waals surface area contributed by atoms with Crippen LogP contribution in [-0.2, 0) is 9.53 Å².